The number of para-hydroxylation sites is 1. The van der Waals surface area contributed by atoms with Crippen molar-refractivity contribution < 1.29 is 31.4 Å². The maximum absolute atomic E-state index is 12.3. The van der Waals surface area contributed by atoms with Gasteiger partial charge in [0.25, 0.3) is 0 Å². The van der Waals surface area contributed by atoms with E-state index >= 15 is 0 Å². The van der Waals surface area contributed by atoms with Crippen LogP contribution in [0.15, 0.2) is 59.6 Å². The molecule has 0 unspecified atom stereocenters. The van der Waals surface area contributed by atoms with Crippen molar-refractivity contribution in [2.45, 2.75) is 17.4 Å². The fraction of sp³-hybridized carbons (Fsp3) is 0.222. The van der Waals surface area contributed by atoms with Gasteiger partial charge in [-0.15, -0.1) is 13.2 Å². The molecule has 0 bridgehead atoms. The van der Waals surface area contributed by atoms with Gasteiger partial charge in [-0.1, -0.05) is 18.2 Å². The second kappa shape index (κ2) is 7.46. The van der Waals surface area contributed by atoms with Crippen LogP contribution in [0.1, 0.15) is 11.7 Å². The molecule has 28 heavy (non-hydrogen) atoms. The molecule has 10 heteroatoms. The average Bonchev–Trinajstić information content (AvgIpc) is 2.96. The monoisotopic (exact) mass is 414 g/mol. The third-order valence-electron chi connectivity index (χ3n) is 4.12. The molecule has 3 aromatic rings. The minimum absolute atomic E-state index is 0.243. The van der Waals surface area contributed by atoms with E-state index in [0.29, 0.717) is 5.56 Å². The summed E-state index contributed by atoms with van der Waals surface area (Å²) in [7, 11) is -2.21. The van der Waals surface area contributed by atoms with Crippen molar-refractivity contribution in [2.75, 3.05) is 6.54 Å². The number of aromatic nitrogens is 1. The van der Waals surface area contributed by atoms with E-state index < -0.39 is 28.2 Å². The molecule has 0 saturated heterocycles. The number of nitrogens with zero attached hydrogens (tertiary/aromatic N) is 1. The summed E-state index contributed by atoms with van der Waals surface area (Å²) < 4.78 is 69.0. The lowest BCUT2D eigenvalue weighted by atomic mass is 10.1. The maximum Gasteiger partial charge on any atom is 0.573 e. The summed E-state index contributed by atoms with van der Waals surface area (Å²) in [6.45, 7) is -0.295. The molecule has 150 valence electrons. The van der Waals surface area contributed by atoms with Crippen molar-refractivity contribution in [2.24, 2.45) is 7.05 Å². The SMILES string of the molecule is Cn1cc([C@@H](O)CNS(=O)(=O)c2ccc(OC(F)(F)F)cc2)c2ccccc21. The van der Waals surface area contributed by atoms with Gasteiger partial charge in [0.2, 0.25) is 10.0 Å². The molecular formula is C18H17F3N2O4S. The Kier molecular flexibility index (Phi) is 5.37. The lowest BCUT2D eigenvalue weighted by Crippen LogP contribution is -2.28. The van der Waals surface area contributed by atoms with Gasteiger partial charge in [0.1, 0.15) is 5.75 Å². The number of fused-ring (bicyclic) bond motifs is 1. The van der Waals surface area contributed by atoms with E-state index in [4.69, 9.17) is 0 Å². The van der Waals surface area contributed by atoms with Gasteiger partial charge in [0.05, 0.1) is 11.0 Å². The highest BCUT2D eigenvalue weighted by Crippen LogP contribution is 2.26. The highest BCUT2D eigenvalue weighted by Gasteiger charge is 2.31. The molecule has 0 saturated carbocycles. The Morgan fingerprint density at radius 1 is 1.14 bits per heavy atom. The van der Waals surface area contributed by atoms with E-state index in [1.54, 1.807) is 6.20 Å². The zero-order chi connectivity index (χ0) is 20.5. The normalized spacial score (nSPS) is 13.6. The standard InChI is InChI=1S/C18H17F3N2O4S/c1-23-11-15(14-4-2-3-5-16(14)23)17(24)10-22-28(25,26)13-8-6-12(7-9-13)27-18(19,20)21/h2-9,11,17,22,24H,10H2,1H3/t17-/m0/s1. The number of aliphatic hydroxyl groups is 1. The summed E-state index contributed by atoms with van der Waals surface area (Å²) in [6.07, 6.45) is -4.25. The van der Waals surface area contributed by atoms with E-state index in [-0.39, 0.29) is 11.4 Å². The molecule has 0 aliphatic carbocycles. The molecule has 1 heterocycles. The van der Waals surface area contributed by atoms with E-state index in [1.165, 1.54) is 0 Å². The van der Waals surface area contributed by atoms with Crippen molar-refractivity contribution in [1.82, 2.24) is 9.29 Å². The topological polar surface area (TPSA) is 80.6 Å². The summed E-state index contributed by atoms with van der Waals surface area (Å²) in [5.74, 6) is -0.526. The van der Waals surface area contributed by atoms with Gasteiger partial charge in [-0.2, -0.15) is 0 Å². The molecule has 2 aromatic carbocycles. The maximum atomic E-state index is 12.3. The predicted molar refractivity (Wildman–Crippen MR) is 96.2 cm³/mol. The Morgan fingerprint density at radius 2 is 1.79 bits per heavy atom. The first-order valence-electron chi connectivity index (χ1n) is 8.14. The van der Waals surface area contributed by atoms with Crippen molar-refractivity contribution in [3.8, 4) is 5.75 Å². The van der Waals surface area contributed by atoms with Crippen LogP contribution < -0.4 is 9.46 Å². The molecule has 0 radical (unpaired) electrons. The first-order valence-corrected chi connectivity index (χ1v) is 9.63. The van der Waals surface area contributed by atoms with Crippen LogP contribution in [-0.4, -0.2) is 31.0 Å². The van der Waals surface area contributed by atoms with E-state index in [0.717, 1.165) is 35.2 Å². The van der Waals surface area contributed by atoms with E-state index in [1.807, 2.05) is 35.9 Å². The van der Waals surface area contributed by atoms with Gasteiger partial charge in [0, 0.05) is 36.3 Å². The van der Waals surface area contributed by atoms with Crippen molar-refractivity contribution in [3.63, 3.8) is 0 Å². The quantitative estimate of drug-likeness (QED) is 0.650. The van der Waals surface area contributed by atoms with Gasteiger partial charge in [-0.25, -0.2) is 13.1 Å². The van der Waals surface area contributed by atoms with Gasteiger partial charge in [-0.05, 0) is 30.3 Å². The number of sulfonamides is 1. The zero-order valence-corrected chi connectivity index (χ0v) is 15.5. The number of nitrogens with one attached hydrogen (secondary N) is 1. The smallest absolute Gasteiger partial charge is 0.406 e. The predicted octanol–water partition coefficient (Wildman–Crippen LogP) is 3.09. The number of ether oxygens (including phenoxy) is 1. The van der Waals surface area contributed by atoms with Gasteiger partial charge in [-0.3, -0.25) is 0 Å². The van der Waals surface area contributed by atoms with Crippen LogP contribution in [0.2, 0.25) is 0 Å². The second-order valence-electron chi connectivity index (χ2n) is 6.10. The molecule has 0 aliphatic heterocycles. The second-order valence-corrected chi connectivity index (χ2v) is 7.87. The Labute approximate surface area is 159 Å². The van der Waals surface area contributed by atoms with Crippen LogP contribution >= 0.6 is 0 Å². The van der Waals surface area contributed by atoms with E-state index in [9.17, 15) is 26.7 Å². The minimum atomic E-state index is -4.86. The molecule has 0 amide bonds. The molecule has 1 atom stereocenters. The van der Waals surface area contributed by atoms with Crippen LogP contribution in [-0.2, 0) is 17.1 Å². The first-order chi connectivity index (χ1) is 13.1. The lowest BCUT2D eigenvalue weighted by Gasteiger charge is -2.13. The molecule has 2 N–H and O–H groups in total. The number of hydrogen-bond donors (Lipinski definition) is 2. The van der Waals surface area contributed by atoms with Crippen LogP contribution in [0.25, 0.3) is 10.9 Å². The minimum Gasteiger partial charge on any atom is -0.406 e. The highest BCUT2D eigenvalue weighted by molar-refractivity contribution is 7.89. The fourth-order valence-electron chi connectivity index (χ4n) is 2.84. The Morgan fingerprint density at radius 3 is 2.43 bits per heavy atom. The summed E-state index contributed by atoms with van der Waals surface area (Å²) in [4.78, 5) is -0.243. The van der Waals surface area contributed by atoms with Crippen LogP contribution in [0.5, 0.6) is 5.75 Å². The van der Waals surface area contributed by atoms with Crippen LogP contribution in [0.3, 0.4) is 0 Å². The fourth-order valence-corrected chi connectivity index (χ4v) is 3.88. The number of rotatable bonds is 6. The van der Waals surface area contributed by atoms with Gasteiger partial charge >= 0.3 is 6.36 Å². The van der Waals surface area contributed by atoms with Crippen molar-refractivity contribution in [1.29, 1.82) is 0 Å². The molecule has 0 aliphatic rings. The zero-order valence-electron chi connectivity index (χ0n) is 14.6. The van der Waals surface area contributed by atoms with Crippen LogP contribution in [0.4, 0.5) is 13.2 Å². The summed E-state index contributed by atoms with van der Waals surface area (Å²) >= 11 is 0. The molecule has 0 spiro atoms. The largest absolute Gasteiger partial charge is 0.573 e. The lowest BCUT2D eigenvalue weighted by molar-refractivity contribution is -0.274. The Balaban J connectivity index is 1.72. The molecule has 3 rings (SSSR count). The average molecular weight is 414 g/mol. The number of benzene rings is 2. The number of hydrogen-bond acceptors (Lipinski definition) is 4. The van der Waals surface area contributed by atoms with Crippen LogP contribution in [0, 0.1) is 0 Å². The van der Waals surface area contributed by atoms with Gasteiger partial charge < -0.3 is 14.4 Å². The van der Waals surface area contributed by atoms with Crippen molar-refractivity contribution >= 4 is 20.9 Å². The number of halogens is 3. The molecule has 0 fully saturated rings. The first kappa shape index (κ1) is 20.2. The van der Waals surface area contributed by atoms with Crippen molar-refractivity contribution in [3.05, 3.63) is 60.3 Å². The van der Waals surface area contributed by atoms with E-state index in [2.05, 4.69) is 9.46 Å². The number of alkyl halides is 3. The highest BCUT2D eigenvalue weighted by atomic mass is 32.2. The Bertz CT molecular complexity index is 1080. The summed E-state index contributed by atoms with van der Waals surface area (Å²) in [6, 6.07) is 11.2. The Hall–Kier alpha value is -2.56. The van der Waals surface area contributed by atoms with Gasteiger partial charge in [0.15, 0.2) is 0 Å². The summed E-state index contributed by atoms with van der Waals surface area (Å²) in [5, 5.41) is 11.2. The third-order valence-corrected chi connectivity index (χ3v) is 5.56. The number of aliphatic hydroxyl groups excluding tert-OH is 1. The third kappa shape index (κ3) is 4.46. The molecular weight excluding hydrogens is 397 g/mol. The number of aryl methyl sites for hydroxylation is 1. The molecule has 1 aromatic heterocycles. The molecule has 6 nitrogen and oxygen atoms in total. The summed E-state index contributed by atoms with van der Waals surface area (Å²) in [5.41, 5.74) is 1.45.